The molecule has 0 aliphatic carbocycles. The van der Waals surface area contributed by atoms with Gasteiger partial charge in [0.05, 0.1) is 5.56 Å². The molecule has 0 spiro atoms. The monoisotopic (exact) mass is 349 g/mol. The summed E-state index contributed by atoms with van der Waals surface area (Å²) in [6, 6.07) is 18.7. The fraction of sp³-hybridized carbons (Fsp3) is 0.238. The number of pyridine rings is 1. The molecule has 0 radical (unpaired) electrons. The minimum atomic E-state index is -0.281. The molecule has 5 nitrogen and oxygen atoms in total. The Balaban J connectivity index is 1.76. The second-order valence-corrected chi connectivity index (χ2v) is 6.66. The molecule has 0 aliphatic rings. The molecule has 1 amide bonds. The van der Waals surface area contributed by atoms with Crippen LogP contribution in [0.5, 0.6) is 0 Å². The highest BCUT2D eigenvalue weighted by Crippen LogP contribution is 2.15. The van der Waals surface area contributed by atoms with Crippen molar-refractivity contribution in [2.24, 2.45) is 5.92 Å². The van der Waals surface area contributed by atoms with Crippen molar-refractivity contribution in [2.45, 2.75) is 19.9 Å². The lowest BCUT2D eigenvalue weighted by molar-refractivity contribution is 0.0952. The maximum absolute atomic E-state index is 12.7. The largest absolute Gasteiger partial charge is 0.380 e. The predicted molar refractivity (Wildman–Crippen MR) is 106 cm³/mol. The quantitative estimate of drug-likeness (QED) is 0.638. The molecule has 5 heteroatoms. The van der Waals surface area contributed by atoms with Crippen molar-refractivity contribution < 1.29 is 4.79 Å². The summed E-state index contributed by atoms with van der Waals surface area (Å²) in [4.78, 5) is 27.3. The van der Waals surface area contributed by atoms with E-state index in [9.17, 15) is 9.59 Å². The van der Waals surface area contributed by atoms with Crippen LogP contribution in [0.4, 0.5) is 5.69 Å². The average Bonchev–Trinajstić information content (AvgIpc) is 2.64. The highest BCUT2D eigenvalue weighted by Gasteiger charge is 2.17. The van der Waals surface area contributed by atoms with E-state index in [1.807, 2.05) is 48.5 Å². The van der Waals surface area contributed by atoms with E-state index in [4.69, 9.17) is 0 Å². The summed E-state index contributed by atoms with van der Waals surface area (Å²) in [7, 11) is 0. The zero-order valence-electron chi connectivity index (χ0n) is 15.0. The summed E-state index contributed by atoms with van der Waals surface area (Å²) < 4.78 is 0. The van der Waals surface area contributed by atoms with E-state index >= 15 is 0 Å². The Morgan fingerprint density at radius 2 is 1.73 bits per heavy atom. The average molecular weight is 349 g/mol. The minimum Gasteiger partial charge on any atom is -0.380 e. The third-order valence-electron chi connectivity index (χ3n) is 4.41. The molecule has 1 heterocycles. The normalized spacial score (nSPS) is 12.1. The Bertz CT molecular complexity index is 948. The van der Waals surface area contributed by atoms with Gasteiger partial charge in [-0.3, -0.25) is 9.59 Å². The summed E-state index contributed by atoms with van der Waals surface area (Å²) in [5.74, 6) is 0.0826. The van der Waals surface area contributed by atoms with Crippen molar-refractivity contribution >= 4 is 22.5 Å². The summed E-state index contributed by atoms with van der Waals surface area (Å²) in [5, 5.41) is 7.15. The van der Waals surface area contributed by atoms with Gasteiger partial charge in [-0.1, -0.05) is 50.2 Å². The van der Waals surface area contributed by atoms with Crippen LogP contribution < -0.4 is 16.2 Å². The van der Waals surface area contributed by atoms with Crippen LogP contribution in [-0.4, -0.2) is 23.5 Å². The van der Waals surface area contributed by atoms with Crippen LogP contribution >= 0.6 is 0 Å². The number of carbonyl (C=O) groups is 1. The van der Waals surface area contributed by atoms with Gasteiger partial charge in [0.25, 0.3) is 5.91 Å². The van der Waals surface area contributed by atoms with Gasteiger partial charge in [-0.05, 0) is 24.1 Å². The molecular formula is C21H23N3O2. The first kappa shape index (κ1) is 17.7. The summed E-state index contributed by atoms with van der Waals surface area (Å²) in [5.41, 5.74) is 1.79. The molecular weight excluding hydrogens is 326 g/mol. The number of carbonyl (C=O) groups excluding carboxylic acids is 1. The van der Waals surface area contributed by atoms with Crippen LogP contribution in [0.3, 0.4) is 0 Å². The van der Waals surface area contributed by atoms with E-state index < -0.39 is 0 Å². The number of nitrogens with one attached hydrogen (secondary N) is 3. The molecule has 1 unspecified atom stereocenters. The van der Waals surface area contributed by atoms with Crippen molar-refractivity contribution in [2.75, 3.05) is 11.9 Å². The van der Waals surface area contributed by atoms with Crippen LogP contribution in [0.2, 0.25) is 0 Å². The SMILES string of the molecule is CC(C)C(CNC(=O)c1cc(=O)[nH]c2ccccc12)Nc1ccccc1. The number of hydrogen-bond donors (Lipinski definition) is 3. The van der Waals surface area contributed by atoms with Crippen LogP contribution in [-0.2, 0) is 0 Å². The number of aromatic amines is 1. The molecule has 26 heavy (non-hydrogen) atoms. The summed E-state index contributed by atoms with van der Waals surface area (Å²) in [6.07, 6.45) is 0. The first-order valence-corrected chi connectivity index (χ1v) is 8.76. The van der Waals surface area contributed by atoms with Crippen molar-refractivity contribution in [3.63, 3.8) is 0 Å². The maximum Gasteiger partial charge on any atom is 0.252 e. The molecule has 3 rings (SSSR count). The number of hydrogen-bond acceptors (Lipinski definition) is 3. The molecule has 0 saturated carbocycles. The Morgan fingerprint density at radius 3 is 2.46 bits per heavy atom. The molecule has 0 saturated heterocycles. The Kier molecular flexibility index (Phi) is 5.37. The van der Waals surface area contributed by atoms with Crippen molar-refractivity contribution in [1.29, 1.82) is 0 Å². The predicted octanol–water partition coefficient (Wildman–Crippen LogP) is 3.39. The zero-order valence-corrected chi connectivity index (χ0v) is 15.0. The first-order chi connectivity index (χ1) is 12.5. The van der Waals surface area contributed by atoms with Gasteiger partial charge in [-0.25, -0.2) is 0 Å². The Hall–Kier alpha value is -3.08. The smallest absolute Gasteiger partial charge is 0.252 e. The van der Waals surface area contributed by atoms with E-state index in [1.54, 1.807) is 6.07 Å². The van der Waals surface area contributed by atoms with Crippen LogP contribution in [0, 0.1) is 5.92 Å². The molecule has 1 atom stereocenters. The molecule has 0 fully saturated rings. The van der Waals surface area contributed by atoms with Gasteiger partial charge >= 0.3 is 0 Å². The van der Waals surface area contributed by atoms with Gasteiger partial charge in [-0.15, -0.1) is 0 Å². The lowest BCUT2D eigenvalue weighted by Crippen LogP contribution is -2.39. The third kappa shape index (κ3) is 4.11. The van der Waals surface area contributed by atoms with Gasteiger partial charge in [0.15, 0.2) is 0 Å². The van der Waals surface area contributed by atoms with Crippen LogP contribution in [0.1, 0.15) is 24.2 Å². The van der Waals surface area contributed by atoms with Crippen molar-refractivity contribution in [1.82, 2.24) is 10.3 Å². The molecule has 0 aliphatic heterocycles. The number of fused-ring (bicyclic) bond motifs is 1. The molecule has 3 N–H and O–H groups in total. The topological polar surface area (TPSA) is 74.0 Å². The van der Waals surface area contributed by atoms with E-state index in [0.29, 0.717) is 23.5 Å². The van der Waals surface area contributed by atoms with Gasteiger partial charge in [-0.2, -0.15) is 0 Å². The molecule has 1 aromatic heterocycles. The highest BCUT2D eigenvalue weighted by atomic mass is 16.2. The van der Waals surface area contributed by atoms with E-state index in [0.717, 1.165) is 11.1 Å². The summed E-state index contributed by atoms with van der Waals surface area (Å²) >= 11 is 0. The van der Waals surface area contributed by atoms with Crippen molar-refractivity contribution in [3.8, 4) is 0 Å². The van der Waals surface area contributed by atoms with E-state index in [1.165, 1.54) is 6.07 Å². The van der Waals surface area contributed by atoms with Crippen LogP contribution in [0.25, 0.3) is 10.9 Å². The number of anilines is 1. The van der Waals surface area contributed by atoms with Gasteiger partial charge < -0.3 is 15.6 Å². The number of H-pyrrole nitrogens is 1. The Labute approximate surface area is 152 Å². The highest BCUT2D eigenvalue weighted by molar-refractivity contribution is 6.05. The molecule has 2 aromatic carbocycles. The second kappa shape index (κ2) is 7.87. The number of amides is 1. The number of benzene rings is 2. The first-order valence-electron chi connectivity index (χ1n) is 8.76. The van der Waals surface area contributed by atoms with E-state index in [-0.39, 0.29) is 17.5 Å². The molecule has 134 valence electrons. The second-order valence-electron chi connectivity index (χ2n) is 6.66. The fourth-order valence-corrected chi connectivity index (χ4v) is 2.89. The summed E-state index contributed by atoms with van der Waals surface area (Å²) in [6.45, 7) is 4.68. The lowest BCUT2D eigenvalue weighted by Gasteiger charge is -2.24. The van der Waals surface area contributed by atoms with Gasteiger partial charge in [0, 0.05) is 35.2 Å². The standard InChI is InChI=1S/C21H23N3O2/c1-14(2)19(23-15-8-4-3-5-9-15)13-22-21(26)17-12-20(25)24-18-11-7-6-10-16(17)18/h3-12,14,19,23H,13H2,1-2H3,(H,22,26)(H,24,25). The lowest BCUT2D eigenvalue weighted by atomic mass is 10.0. The number of rotatable bonds is 6. The molecule has 3 aromatic rings. The van der Waals surface area contributed by atoms with Crippen LogP contribution in [0.15, 0.2) is 65.5 Å². The zero-order chi connectivity index (χ0) is 18.5. The third-order valence-corrected chi connectivity index (χ3v) is 4.41. The van der Waals surface area contributed by atoms with Gasteiger partial charge in [0.1, 0.15) is 0 Å². The fourth-order valence-electron chi connectivity index (χ4n) is 2.89. The molecule has 0 bridgehead atoms. The van der Waals surface area contributed by atoms with Crippen molar-refractivity contribution in [3.05, 3.63) is 76.6 Å². The van der Waals surface area contributed by atoms with E-state index in [2.05, 4.69) is 29.5 Å². The number of para-hydroxylation sites is 2. The maximum atomic E-state index is 12.7. The minimum absolute atomic E-state index is 0.0783. The van der Waals surface area contributed by atoms with Gasteiger partial charge in [0.2, 0.25) is 5.56 Å². The Morgan fingerprint density at radius 1 is 1.04 bits per heavy atom. The number of aromatic nitrogens is 1.